The maximum atomic E-state index is 9.91. The molecule has 0 unspecified atom stereocenters. The van der Waals surface area contributed by atoms with E-state index in [1.165, 1.54) is 0 Å². The molecule has 0 fully saturated rings. The first-order valence-corrected chi connectivity index (χ1v) is 8.50. The van der Waals surface area contributed by atoms with E-state index in [-0.39, 0.29) is 5.75 Å². The second-order valence-electron chi connectivity index (χ2n) is 5.06. The van der Waals surface area contributed by atoms with Gasteiger partial charge in [0.1, 0.15) is 0 Å². The minimum absolute atomic E-state index is 0.0808. The molecule has 0 aliphatic rings. The molecule has 2 rings (SSSR count). The Labute approximate surface area is 155 Å². The van der Waals surface area contributed by atoms with Gasteiger partial charge in [-0.2, -0.15) is 5.10 Å². The molecular weight excluding hydrogens is 388 g/mol. The number of nitrogens with zero attached hydrogens (tertiary/aromatic N) is 1. The number of aromatic hydroxyl groups is 1. The molecular formula is C18H21BrN2O4. The fourth-order valence-corrected chi connectivity index (χ4v) is 2.64. The second-order valence-corrected chi connectivity index (χ2v) is 5.92. The summed E-state index contributed by atoms with van der Waals surface area (Å²) >= 11 is 3.30. The smallest absolute Gasteiger partial charge is 0.172 e. The van der Waals surface area contributed by atoms with Crippen LogP contribution in [-0.4, -0.2) is 32.1 Å². The van der Waals surface area contributed by atoms with Crippen LogP contribution in [0.4, 0.5) is 0 Å². The number of methoxy groups -OCH3 is 2. The molecule has 0 heterocycles. The minimum Gasteiger partial charge on any atom is -0.503 e. The van der Waals surface area contributed by atoms with Crippen molar-refractivity contribution in [3.8, 4) is 23.0 Å². The van der Waals surface area contributed by atoms with Gasteiger partial charge < -0.3 is 24.7 Å². The van der Waals surface area contributed by atoms with Gasteiger partial charge in [-0.3, -0.25) is 0 Å². The Morgan fingerprint density at radius 2 is 1.88 bits per heavy atom. The lowest BCUT2D eigenvalue weighted by atomic mass is 10.2. The van der Waals surface area contributed by atoms with Crippen molar-refractivity contribution in [1.82, 2.24) is 5.43 Å². The highest BCUT2D eigenvalue weighted by atomic mass is 79.9. The van der Waals surface area contributed by atoms with Crippen molar-refractivity contribution in [3.05, 3.63) is 45.9 Å². The number of nitrogens with one attached hydrogen (secondary N) is 1. The number of hydrogen-bond donors (Lipinski definition) is 2. The van der Waals surface area contributed by atoms with E-state index in [0.29, 0.717) is 34.9 Å². The van der Waals surface area contributed by atoms with Crippen molar-refractivity contribution in [2.45, 2.75) is 13.5 Å². The molecule has 6 nitrogen and oxygen atoms in total. The van der Waals surface area contributed by atoms with E-state index in [9.17, 15) is 5.11 Å². The lowest BCUT2D eigenvalue weighted by molar-refractivity contribution is 0.317. The third-order valence-electron chi connectivity index (χ3n) is 3.39. The van der Waals surface area contributed by atoms with E-state index in [1.807, 2.05) is 25.1 Å². The first-order valence-electron chi connectivity index (χ1n) is 7.71. The molecule has 0 saturated carbocycles. The first-order chi connectivity index (χ1) is 12.1. The summed E-state index contributed by atoms with van der Waals surface area (Å²) in [6.07, 6.45) is 1.66. The number of benzene rings is 2. The van der Waals surface area contributed by atoms with Crippen molar-refractivity contribution < 1.29 is 19.3 Å². The Bertz CT molecular complexity index is 750. The Morgan fingerprint density at radius 1 is 1.12 bits per heavy atom. The Kier molecular flexibility index (Phi) is 6.94. The first kappa shape index (κ1) is 18.9. The summed E-state index contributed by atoms with van der Waals surface area (Å²) in [4.78, 5) is 0. The fourth-order valence-electron chi connectivity index (χ4n) is 2.18. The van der Waals surface area contributed by atoms with Crippen LogP contribution in [0.2, 0.25) is 0 Å². The normalized spacial score (nSPS) is 10.7. The number of hydrazone groups is 1. The zero-order chi connectivity index (χ0) is 18.2. The Balaban J connectivity index is 2.02. The van der Waals surface area contributed by atoms with Gasteiger partial charge >= 0.3 is 0 Å². The Hall–Kier alpha value is -2.41. The van der Waals surface area contributed by atoms with Crippen molar-refractivity contribution in [3.63, 3.8) is 0 Å². The van der Waals surface area contributed by atoms with Crippen LogP contribution in [0.25, 0.3) is 0 Å². The van der Waals surface area contributed by atoms with Gasteiger partial charge in [0, 0.05) is 0 Å². The zero-order valence-electron chi connectivity index (χ0n) is 14.4. The fraction of sp³-hybridized carbons (Fsp3) is 0.278. The quantitative estimate of drug-likeness (QED) is 0.514. The van der Waals surface area contributed by atoms with Gasteiger partial charge in [0.05, 0.1) is 38.1 Å². The van der Waals surface area contributed by atoms with Crippen LogP contribution >= 0.6 is 15.9 Å². The van der Waals surface area contributed by atoms with E-state index in [0.717, 1.165) is 11.1 Å². The molecule has 0 bridgehead atoms. The van der Waals surface area contributed by atoms with Crippen molar-refractivity contribution >= 4 is 22.1 Å². The SMILES string of the molecule is CCOc1cc(/C=N\NCc2ccc(OC)c(OC)c2)cc(Br)c1O. The maximum absolute atomic E-state index is 9.91. The highest BCUT2D eigenvalue weighted by molar-refractivity contribution is 9.10. The van der Waals surface area contributed by atoms with Crippen LogP contribution in [0.3, 0.4) is 0 Å². The topological polar surface area (TPSA) is 72.3 Å². The molecule has 0 saturated heterocycles. The molecule has 2 aromatic carbocycles. The lowest BCUT2D eigenvalue weighted by Crippen LogP contribution is -2.06. The maximum Gasteiger partial charge on any atom is 0.172 e. The molecule has 2 aromatic rings. The summed E-state index contributed by atoms with van der Waals surface area (Å²) in [5, 5.41) is 14.1. The summed E-state index contributed by atoms with van der Waals surface area (Å²) < 4.78 is 16.4. The number of phenols is 1. The van der Waals surface area contributed by atoms with Gasteiger partial charge in [0.2, 0.25) is 0 Å². The van der Waals surface area contributed by atoms with Gasteiger partial charge in [-0.25, -0.2) is 0 Å². The average molecular weight is 409 g/mol. The van der Waals surface area contributed by atoms with Crippen molar-refractivity contribution in [1.29, 1.82) is 0 Å². The zero-order valence-corrected chi connectivity index (χ0v) is 16.0. The standard InChI is InChI=1S/C18H21BrN2O4/c1-4-25-17-9-13(7-14(19)18(17)22)11-21-20-10-12-5-6-15(23-2)16(8-12)24-3/h5-9,11,20,22H,4,10H2,1-3H3/b21-11-. The molecule has 0 spiro atoms. The monoisotopic (exact) mass is 408 g/mol. The second kappa shape index (κ2) is 9.17. The molecule has 7 heteroatoms. The molecule has 25 heavy (non-hydrogen) atoms. The van der Waals surface area contributed by atoms with E-state index >= 15 is 0 Å². The van der Waals surface area contributed by atoms with Crippen LogP contribution in [0.15, 0.2) is 39.9 Å². The van der Waals surface area contributed by atoms with Crippen LogP contribution in [0.5, 0.6) is 23.0 Å². The van der Waals surface area contributed by atoms with Crippen molar-refractivity contribution in [2.75, 3.05) is 20.8 Å². The predicted molar refractivity (Wildman–Crippen MR) is 101 cm³/mol. The number of phenolic OH excluding ortho intramolecular Hbond substituents is 1. The van der Waals surface area contributed by atoms with E-state index in [2.05, 4.69) is 26.5 Å². The van der Waals surface area contributed by atoms with Crippen LogP contribution in [-0.2, 0) is 6.54 Å². The summed E-state index contributed by atoms with van der Waals surface area (Å²) in [6, 6.07) is 9.18. The average Bonchev–Trinajstić information content (AvgIpc) is 2.62. The number of halogens is 1. The van der Waals surface area contributed by atoms with E-state index in [4.69, 9.17) is 14.2 Å². The lowest BCUT2D eigenvalue weighted by Gasteiger charge is -2.09. The summed E-state index contributed by atoms with van der Waals surface area (Å²) in [7, 11) is 3.21. The molecule has 0 aromatic heterocycles. The largest absolute Gasteiger partial charge is 0.503 e. The van der Waals surface area contributed by atoms with Gasteiger partial charge in [-0.15, -0.1) is 0 Å². The molecule has 0 radical (unpaired) electrons. The molecule has 0 aliphatic heterocycles. The van der Waals surface area contributed by atoms with Crippen LogP contribution in [0.1, 0.15) is 18.1 Å². The highest BCUT2D eigenvalue weighted by Crippen LogP contribution is 2.35. The summed E-state index contributed by atoms with van der Waals surface area (Å²) in [5.41, 5.74) is 4.79. The summed E-state index contributed by atoms with van der Waals surface area (Å²) in [5.74, 6) is 1.86. The third kappa shape index (κ3) is 5.03. The summed E-state index contributed by atoms with van der Waals surface area (Å²) in [6.45, 7) is 2.87. The highest BCUT2D eigenvalue weighted by Gasteiger charge is 2.08. The van der Waals surface area contributed by atoms with Crippen LogP contribution < -0.4 is 19.6 Å². The number of rotatable bonds is 8. The minimum atomic E-state index is 0.0808. The van der Waals surface area contributed by atoms with E-state index in [1.54, 1.807) is 32.6 Å². The molecule has 2 N–H and O–H groups in total. The number of ether oxygens (including phenoxy) is 3. The third-order valence-corrected chi connectivity index (χ3v) is 3.99. The van der Waals surface area contributed by atoms with Gasteiger partial charge in [0.15, 0.2) is 23.0 Å². The van der Waals surface area contributed by atoms with Gasteiger partial charge in [0.25, 0.3) is 0 Å². The molecule has 0 amide bonds. The predicted octanol–water partition coefficient (Wildman–Crippen LogP) is 3.69. The molecule has 0 aliphatic carbocycles. The number of hydrogen-bond acceptors (Lipinski definition) is 6. The Morgan fingerprint density at radius 3 is 2.56 bits per heavy atom. The van der Waals surface area contributed by atoms with Crippen LogP contribution in [0, 0.1) is 0 Å². The van der Waals surface area contributed by atoms with E-state index < -0.39 is 0 Å². The molecule has 0 atom stereocenters. The van der Waals surface area contributed by atoms with Crippen molar-refractivity contribution in [2.24, 2.45) is 5.10 Å². The van der Waals surface area contributed by atoms with Gasteiger partial charge in [-0.05, 0) is 58.2 Å². The van der Waals surface area contributed by atoms with Gasteiger partial charge in [-0.1, -0.05) is 6.07 Å². The molecule has 134 valence electrons.